The van der Waals surface area contributed by atoms with Crippen LogP contribution in [0.3, 0.4) is 0 Å². The molecule has 15 heavy (non-hydrogen) atoms. The summed E-state index contributed by atoms with van der Waals surface area (Å²) in [5.74, 6) is 0. The fourth-order valence-electron chi connectivity index (χ4n) is 1.69. The number of aliphatic hydroxyl groups excluding tert-OH is 1. The molecule has 0 bridgehead atoms. The van der Waals surface area contributed by atoms with Crippen molar-refractivity contribution in [3.8, 4) is 0 Å². The molecule has 2 nitrogen and oxygen atoms in total. The second kappa shape index (κ2) is 4.29. The molecule has 2 aromatic rings. The van der Waals surface area contributed by atoms with Crippen LogP contribution in [0.4, 0.5) is 0 Å². The summed E-state index contributed by atoms with van der Waals surface area (Å²) in [6.45, 7) is 2.14. The Morgan fingerprint density at radius 2 is 2.20 bits per heavy atom. The standard InChI is InChI=1S/C12H12BrNO/c1-2-8-5-9(7-15)12-10(6-8)11(13)3-4-14-12/h3-6,15H,2,7H2,1H3. The van der Waals surface area contributed by atoms with Crippen molar-refractivity contribution in [2.45, 2.75) is 20.0 Å². The SMILES string of the molecule is CCc1cc(CO)c2nccc(Br)c2c1. The minimum Gasteiger partial charge on any atom is -0.392 e. The van der Waals surface area contributed by atoms with Gasteiger partial charge < -0.3 is 5.11 Å². The summed E-state index contributed by atoms with van der Waals surface area (Å²) in [5, 5.41) is 10.4. The molecule has 0 saturated carbocycles. The molecular formula is C12H12BrNO. The molecule has 0 aliphatic rings. The van der Waals surface area contributed by atoms with E-state index in [2.05, 4.69) is 33.9 Å². The maximum Gasteiger partial charge on any atom is 0.0768 e. The number of nitrogens with zero attached hydrogens (tertiary/aromatic N) is 1. The summed E-state index contributed by atoms with van der Waals surface area (Å²) >= 11 is 3.50. The number of benzene rings is 1. The van der Waals surface area contributed by atoms with E-state index in [4.69, 9.17) is 0 Å². The van der Waals surface area contributed by atoms with E-state index in [9.17, 15) is 5.11 Å². The van der Waals surface area contributed by atoms with Gasteiger partial charge >= 0.3 is 0 Å². The maximum atomic E-state index is 9.29. The lowest BCUT2D eigenvalue weighted by Crippen LogP contribution is -1.92. The topological polar surface area (TPSA) is 33.1 Å². The summed E-state index contributed by atoms with van der Waals surface area (Å²) in [4.78, 5) is 4.30. The molecule has 78 valence electrons. The summed E-state index contributed by atoms with van der Waals surface area (Å²) < 4.78 is 1.03. The lowest BCUT2D eigenvalue weighted by Gasteiger charge is -2.07. The fourth-order valence-corrected chi connectivity index (χ4v) is 2.11. The third-order valence-electron chi connectivity index (χ3n) is 2.51. The van der Waals surface area contributed by atoms with Gasteiger partial charge in [0.25, 0.3) is 0 Å². The fraction of sp³-hybridized carbons (Fsp3) is 0.250. The first kappa shape index (κ1) is 10.6. The van der Waals surface area contributed by atoms with Crippen LogP contribution in [0.2, 0.25) is 0 Å². The first-order valence-corrected chi connectivity index (χ1v) is 5.72. The van der Waals surface area contributed by atoms with Crippen LogP contribution in [-0.4, -0.2) is 10.1 Å². The highest BCUT2D eigenvalue weighted by Crippen LogP contribution is 2.26. The largest absolute Gasteiger partial charge is 0.392 e. The van der Waals surface area contributed by atoms with E-state index < -0.39 is 0 Å². The van der Waals surface area contributed by atoms with E-state index in [-0.39, 0.29) is 6.61 Å². The van der Waals surface area contributed by atoms with E-state index in [1.54, 1.807) is 6.20 Å². The normalized spacial score (nSPS) is 10.9. The lowest BCUT2D eigenvalue weighted by atomic mass is 10.0. The number of rotatable bonds is 2. The van der Waals surface area contributed by atoms with Gasteiger partial charge in [0.2, 0.25) is 0 Å². The molecule has 0 saturated heterocycles. The number of aryl methyl sites for hydroxylation is 1. The molecule has 0 atom stereocenters. The molecule has 1 N–H and O–H groups in total. The van der Waals surface area contributed by atoms with Gasteiger partial charge in [0.1, 0.15) is 0 Å². The number of halogens is 1. The molecule has 0 aliphatic carbocycles. The van der Waals surface area contributed by atoms with E-state index in [0.29, 0.717) is 0 Å². The van der Waals surface area contributed by atoms with E-state index in [1.165, 1.54) is 5.56 Å². The van der Waals surface area contributed by atoms with Crippen molar-refractivity contribution < 1.29 is 5.11 Å². The van der Waals surface area contributed by atoms with Crippen LogP contribution in [0.15, 0.2) is 28.9 Å². The van der Waals surface area contributed by atoms with Gasteiger partial charge in [-0.05, 0) is 24.1 Å². The van der Waals surface area contributed by atoms with Crippen LogP contribution in [0, 0.1) is 0 Å². The van der Waals surface area contributed by atoms with Crippen LogP contribution in [0.25, 0.3) is 10.9 Å². The Bertz CT molecular complexity index is 496. The highest BCUT2D eigenvalue weighted by atomic mass is 79.9. The molecule has 0 fully saturated rings. The van der Waals surface area contributed by atoms with Crippen molar-refractivity contribution in [1.29, 1.82) is 0 Å². The maximum absolute atomic E-state index is 9.29. The van der Waals surface area contributed by atoms with Crippen LogP contribution in [-0.2, 0) is 13.0 Å². The number of pyridine rings is 1. The summed E-state index contributed by atoms with van der Waals surface area (Å²) in [5.41, 5.74) is 3.00. The minimum atomic E-state index is 0.0355. The molecule has 0 aliphatic heterocycles. The van der Waals surface area contributed by atoms with Gasteiger partial charge in [-0.1, -0.05) is 28.9 Å². The van der Waals surface area contributed by atoms with Gasteiger partial charge in [-0.25, -0.2) is 0 Å². The predicted octanol–water partition coefficient (Wildman–Crippen LogP) is 3.05. The Morgan fingerprint density at radius 1 is 1.40 bits per heavy atom. The van der Waals surface area contributed by atoms with Gasteiger partial charge in [-0.3, -0.25) is 4.98 Å². The lowest BCUT2D eigenvalue weighted by molar-refractivity contribution is 0.283. The van der Waals surface area contributed by atoms with Crippen LogP contribution >= 0.6 is 15.9 Å². The highest BCUT2D eigenvalue weighted by molar-refractivity contribution is 9.10. The van der Waals surface area contributed by atoms with Crippen LogP contribution in [0.5, 0.6) is 0 Å². The van der Waals surface area contributed by atoms with Gasteiger partial charge in [0.15, 0.2) is 0 Å². The Kier molecular flexibility index (Phi) is 3.03. The molecule has 1 aromatic carbocycles. The Hall–Kier alpha value is -0.930. The molecule has 0 radical (unpaired) electrons. The zero-order chi connectivity index (χ0) is 10.8. The first-order valence-electron chi connectivity index (χ1n) is 4.93. The van der Waals surface area contributed by atoms with E-state index in [1.807, 2.05) is 12.1 Å². The number of hydrogen-bond donors (Lipinski definition) is 1. The predicted molar refractivity (Wildman–Crippen MR) is 64.7 cm³/mol. The molecular weight excluding hydrogens is 254 g/mol. The number of aliphatic hydroxyl groups is 1. The van der Waals surface area contributed by atoms with Gasteiger partial charge in [-0.15, -0.1) is 0 Å². The average molecular weight is 266 g/mol. The molecule has 3 heteroatoms. The Morgan fingerprint density at radius 3 is 2.87 bits per heavy atom. The third-order valence-corrected chi connectivity index (χ3v) is 3.20. The summed E-state index contributed by atoms with van der Waals surface area (Å²) in [6, 6.07) is 6.05. The quantitative estimate of drug-likeness (QED) is 0.906. The molecule has 0 amide bonds. The number of aromatic nitrogens is 1. The molecule has 0 spiro atoms. The molecule has 1 aromatic heterocycles. The van der Waals surface area contributed by atoms with Crippen molar-refractivity contribution in [2.75, 3.05) is 0 Å². The van der Waals surface area contributed by atoms with Gasteiger partial charge in [-0.2, -0.15) is 0 Å². The van der Waals surface area contributed by atoms with Crippen molar-refractivity contribution >= 4 is 26.8 Å². The molecule has 0 unspecified atom stereocenters. The number of fused-ring (bicyclic) bond motifs is 1. The van der Waals surface area contributed by atoms with Crippen LogP contribution < -0.4 is 0 Å². The Balaban J connectivity index is 2.80. The van der Waals surface area contributed by atoms with Crippen molar-refractivity contribution in [2.24, 2.45) is 0 Å². The highest BCUT2D eigenvalue weighted by Gasteiger charge is 2.06. The van der Waals surface area contributed by atoms with Gasteiger partial charge in [0.05, 0.1) is 12.1 Å². The van der Waals surface area contributed by atoms with E-state index >= 15 is 0 Å². The Labute approximate surface area is 97.1 Å². The van der Waals surface area contributed by atoms with Crippen molar-refractivity contribution in [3.05, 3.63) is 40.0 Å². The first-order chi connectivity index (χ1) is 7.26. The minimum absolute atomic E-state index is 0.0355. The number of hydrogen-bond acceptors (Lipinski definition) is 2. The van der Waals surface area contributed by atoms with Crippen molar-refractivity contribution in [1.82, 2.24) is 4.98 Å². The summed E-state index contributed by atoms with van der Waals surface area (Å²) in [7, 11) is 0. The zero-order valence-corrected chi connectivity index (χ0v) is 10.1. The molecule has 2 rings (SSSR count). The van der Waals surface area contributed by atoms with Crippen molar-refractivity contribution in [3.63, 3.8) is 0 Å². The monoisotopic (exact) mass is 265 g/mol. The second-order valence-electron chi connectivity index (χ2n) is 3.46. The summed E-state index contributed by atoms with van der Waals surface area (Å²) in [6.07, 6.45) is 2.71. The molecule has 1 heterocycles. The average Bonchev–Trinajstić information content (AvgIpc) is 2.28. The smallest absolute Gasteiger partial charge is 0.0768 e. The van der Waals surface area contributed by atoms with E-state index in [0.717, 1.165) is 27.4 Å². The van der Waals surface area contributed by atoms with Gasteiger partial charge in [0, 0.05) is 21.6 Å². The zero-order valence-electron chi connectivity index (χ0n) is 8.50. The second-order valence-corrected chi connectivity index (χ2v) is 4.31. The third kappa shape index (κ3) is 1.90. The van der Waals surface area contributed by atoms with Crippen LogP contribution in [0.1, 0.15) is 18.1 Å².